The van der Waals surface area contributed by atoms with E-state index < -0.39 is 0 Å². The zero-order chi connectivity index (χ0) is 13.5. The fraction of sp³-hybridized carbons (Fsp3) is 0.357. The van der Waals surface area contributed by atoms with Gasteiger partial charge in [-0.2, -0.15) is 0 Å². The quantitative estimate of drug-likeness (QED) is 0.608. The van der Waals surface area contributed by atoms with Crippen LogP contribution in [0.2, 0.25) is 5.02 Å². The molecule has 0 radical (unpaired) electrons. The van der Waals surface area contributed by atoms with Crippen molar-refractivity contribution in [2.24, 2.45) is 5.84 Å². The van der Waals surface area contributed by atoms with Crippen LogP contribution in [0.5, 0.6) is 0 Å². The molecule has 0 aliphatic heterocycles. The molecule has 2 aromatic rings. The fourth-order valence-electron chi connectivity index (χ4n) is 2.07. The highest BCUT2D eigenvalue weighted by atomic mass is 35.5. The predicted octanol–water partition coefficient (Wildman–Crippen LogP) is 3.78. The minimum atomic E-state index is -0.0287. The van der Waals surface area contributed by atoms with Crippen molar-refractivity contribution in [3.8, 4) is 0 Å². The number of rotatable bonds is 1. The first-order valence-corrected chi connectivity index (χ1v) is 6.28. The van der Waals surface area contributed by atoms with Crippen molar-refractivity contribution in [1.29, 1.82) is 0 Å². The van der Waals surface area contributed by atoms with Crippen LogP contribution in [0, 0.1) is 6.92 Å². The lowest BCUT2D eigenvalue weighted by atomic mass is 9.86. The van der Waals surface area contributed by atoms with E-state index in [0.29, 0.717) is 10.8 Å². The molecule has 4 heteroatoms. The van der Waals surface area contributed by atoms with Crippen molar-refractivity contribution >= 4 is 28.3 Å². The van der Waals surface area contributed by atoms with E-state index >= 15 is 0 Å². The van der Waals surface area contributed by atoms with Gasteiger partial charge in [-0.05, 0) is 36.1 Å². The Balaban J connectivity index is 2.81. The Hall–Kier alpha value is -1.32. The first-order valence-electron chi connectivity index (χ1n) is 5.91. The van der Waals surface area contributed by atoms with Gasteiger partial charge in [0.05, 0.1) is 10.5 Å². The molecule has 0 bridgehead atoms. The summed E-state index contributed by atoms with van der Waals surface area (Å²) in [6.07, 6.45) is 0. The molecule has 1 aromatic carbocycles. The first-order chi connectivity index (χ1) is 8.32. The fourth-order valence-corrected chi connectivity index (χ4v) is 2.39. The third kappa shape index (κ3) is 2.28. The zero-order valence-corrected chi connectivity index (χ0v) is 11.9. The predicted molar refractivity (Wildman–Crippen MR) is 78.0 cm³/mol. The van der Waals surface area contributed by atoms with Crippen molar-refractivity contribution in [1.82, 2.24) is 4.98 Å². The summed E-state index contributed by atoms with van der Waals surface area (Å²) < 4.78 is 0. The summed E-state index contributed by atoms with van der Waals surface area (Å²) in [6.45, 7) is 8.42. The van der Waals surface area contributed by atoms with Crippen LogP contribution in [-0.2, 0) is 5.41 Å². The maximum atomic E-state index is 6.23. The van der Waals surface area contributed by atoms with Gasteiger partial charge in [-0.3, -0.25) is 0 Å². The number of anilines is 1. The summed E-state index contributed by atoms with van der Waals surface area (Å²) in [5.74, 6) is 6.24. The Morgan fingerprint density at radius 2 is 1.89 bits per heavy atom. The molecular weight excluding hydrogens is 246 g/mol. The summed E-state index contributed by atoms with van der Waals surface area (Å²) in [5.41, 5.74) is 5.63. The summed E-state index contributed by atoms with van der Waals surface area (Å²) in [6, 6.07) is 6.11. The molecule has 2 rings (SSSR count). The minimum absolute atomic E-state index is 0.0287. The number of benzene rings is 1. The SMILES string of the molecule is Cc1cc(Cl)c2nc(NN)c(C(C)(C)C)cc2c1. The van der Waals surface area contributed by atoms with Gasteiger partial charge in [-0.25, -0.2) is 10.8 Å². The molecule has 3 nitrogen and oxygen atoms in total. The second-order valence-corrected chi connectivity index (χ2v) is 6.00. The zero-order valence-electron chi connectivity index (χ0n) is 11.1. The lowest BCUT2D eigenvalue weighted by Crippen LogP contribution is -2.19. The average Bonchev–Trinajstić information content (AvgIpc) is 2.26. The standard InChI is InChI=1S/C14H18ClN3/c1-8-5-9-7-10(14(2,3)4)13(18-16)17-12(9)11(15)6-8/h5-7H,16H2,1-4H3,(H,17,18). The Labute approximate surface area is 112 Å². The number of fused-ring (bicyclic) bond motifs is 1. The van der Waals surface area contributed by atoms with E-state index in [2.05, 4.69) is 43.3 Å². The highest BCUT2D eigenvalue weighted by molar-refractivity contribution is 6.35. The largest absolute Gasteiger partial charge is 0.308 e. The highest BCUT2D eigenvalue weighted by Crippen LogP contribution is 2.33. The van der Waals surface area contributed by atoms with E-state index in [1.165, 1.54) is 0 Å². The van der Waals surface area contributed by atoms with E-state index in [0.717, 1.165) is 22.0 Å². The van der Waals surface area contributed by atoms with Crippen molar-refractivity contribution in [3.63, 3.8) is 0 Å². The van der Waals surface area contributed by atoms with Gasteiger partial charge in [0, 0.05) is 10.9 Å². The number of halogens is 1. The summed E-state index contributed by atoms with van der Waals surface area (Å²) in [5, 5.41) is 1.70. The van der Waals surface area contributed by atoms with E-state index in [1.54, 1.807) is 0 Å². The molecule has 3 N–H and O–H groups in total. The lowest BCUT2D eigenvalue weighted by molar-refractivity contribution is 0.590. The molecule has 18 heavy (non-hydrogen) atoms. The second kappa shape index (κ2) is 4.41. The Bertz CT molecular complexity index is 600. The minimum Gasteiger partial charge on any atom is -0.308 e. The van der Waals surface area contributed by atoms with Gasteiger partial charge in [0.15, 0.2) is 0 Å². The van der Waals surface area contributed by atoms with Gasteiger partial charge in [0.1, 0.15) is 5.82 Å². The molecule has 0 aliphatic rings. The van der Waals surface area contributed by atoms with Gasteiger partial charge >= 0.3 is 0 Å². The van der Waals surface area contributed by atoms with Gasteiger partial charge in [-0.1, -0.05) is 32.4 Å². The molecule has 1 aromatic heterocycles. The van der Waals surface area contributed by atoms with E-state index in [-0.39, 0.29) is 5.41 Å². The summed E-state index contributed by atoms with van der Waals surface area (Å²) in [7, 11) is 0. The molecule has 0 atom stereocenters. The third-order valence-corrected chi connectivity index (χ3v) is 3.25. The van der Waals surface area contributed by atoms with E-state index in [9.17, 15) is 0 Å². The number of aryl methyl sites for hydroxylation is 1. The lowest BCUT2D eigenvalue weighted by Gasteiger charge is -2.22. The topological polar surface area (TPSA) is 50.9 Å². The second-order valence-electron chi connectivity index (χ2n) is 5.60. The van der Waals surface area contributed by atoms with Gasteiger partial charge < -0.3 is 5.43 Å². The number of hydrogen-bond donors (Lipinski definition) is 2. The number of nitrogen functional groups attached to an aromatic ring is 1. The van der Waals surface area contributed by atoms with Crippen molar-refractivity contribution in [3.05, 3.63) is 34.3 Å². The van der Waals surface area contributed by atoms with Crippen molar-refractivity contribution < 1.29 is 0 Å². The number of aromatic nitrogens is 1. The van der Waals surface area contributed by atoms with Crippen LogP contribution >= 0.6 is 11.6 Å². The van der Waals surface area contributed by atoms with E-state index in [1.807, 2.05) is 13.0 Å². The van der Waals surface area contributed by atoms with Crippen molar-refractivity contribution in [2.45, 2.75) is 33.1 Å². The monoisotopic (exact) mass is 263 g/mol. The highest BCUT2D eigenvalue weighted by Gasteiger charge is 2.20. The molecule has 1 heterocycles. The normalized spacial score (nSPS) is 11.9. The number of hydrazine groups is 1. The first kappa shape index (κ1) is 13.1. The van der Waals surface area contributed by atoms with Crippen LogP contribution < -0.4 is 11.3 Å². The van der Waals surface area contributed by atoms with Crippen LogP contribution in [0.25, 0.3) is 10.9 Å². The van der Waals surface area contributed by atoms with Gasteiger partial charge in [0.2, 0.25) is 0 Å². The van der Waals surface area contributed by atoms with Gasteiger partial charge in [-0.15, -0.1) is 0 Å². The molecule has 0 amide bonds. The molecule has 0 spiro atoms. The molecule has 0 unspecified atom stereocenters. The smallest absolute Gasteiger partial charge is 0.144 e. The Morgan fingerprint density at radius 1 is 1.22 bits per heavy atom. The maximum Gasteiger partial charge on any atom is 0.144 e. The molecular formula is C14H18ClN3. The van der Waals surface area contributed by atoms with Crippen LogP contribution in [0.3, 0.4) is 0 Å². The van der Waals surface area contributed by atoms with Crippen LogP contribution in [0.4, 0.5) is 5.82 Å². The summed E-state index contributed by atoms with van der Waals surface area (Å²) in [4.78, 5) is 4.53. The van der Waals surface area contributed by atoms with Crippen LogP contribution in [0.1, 0.15) is 31.9 Å². The van der Waals surface area contributed by atoms with Crippen LogP contribution in [0.15, 0.2) is 18.2 Å². The molecule has 0 aliphatic carbocycles. The number of hydrogen-bond acceptors (Lipinski definition) is 3. The average molecular weight is 264 g/mol. The molecule has 96 valence electrons. The number of nitrogens with zero attached hydrogens (tertiary/aromatic N) is 1. The summed E-state index contributed by atoms with van der Waals surface area (Å²) >= 11 is 6.23. The number of pyridine rings is 1. The third-order valence-electron chi connectivity index (χ3n) is 2.96. The molecule has 0 fully saturated rings. The van der Waals surface area contributed by atoms with Crippen LogP contribution in [-0.4, -0.2) is 4.98 Å². The molecule has 0 saturated heterocycles. The Morgan fingerprint density at radius 3 is 2.44 bits per heavy atom. The van der Waals surface area contributed by atoms with Crippen molar-refractivity contribution in [2.75, 3.05) is 5.43 Å². The maximum absolute atomic E-state index is 6.23. The van der Waals surface area contributed by atoms with Gasteiger partial charge in [0.25, 0.3) is 0 Å². The Kier molecular flexibility index (Phi) is 3.21. The van der Waals surface area contributed by atoms with E-state index in [4.69, 9.17) is 17.4 Å². The number of nitrogens with one attached hydrogen (secondary N) is 1. The molecule has 0 saturated carbocycles. The number of nitrogens with two attached hydrogens (primary N) is 1.